The summed E-state index contributed by atoms with van der Waals surface area (Å²) in [4.78, 5) is 27.8. The molecule has 0 spiro atoms. The van der Waals surface area contributed by atoms with Gasteiger partial charge in [0.1, 0.15) is 11.6 Å². The van der Waals surface area contributed by atoms with Crippen LogP contribution in [-0.2, 0) is 22.4 Å². The molecule has 32 heavy (non-hydrogen) atoms. The number of hydrogen-bond donors (Lipinski definition) is 5. The Bertz CT molecular complexity index is 1120. The van der Waals surface area contributed by atoms with Crippen molar-refractivity contribution in [1.29, 1.82) is 5.41 Å². The van der Waals surface area contributed by atoms with E-state index in [-0.39, 0.29) is 30.1 Å². The highest BCUT2D eigenvalue weighted by molar-refractivity contribution is 5.95. The number of nitrogens with two attached hydrogens (primary N) is 1. The van der Waals surface area contributed by atoms with Crippen molar-refractivity contribution in [3.63, 3.8) is 0 Å². The fourth-order valence-electron chi connectivity index (χ4n) is 3.61. The van der Waals surface area contributed by atoms with Crippen LogP contribution in [0.15, 0.2) is 48.7 Å². The number of hydrogen-bond acceptors (Lipinski definition) is 4. The molecular weight excluding hydrogens is 406 g/mol. The number of benzene rings is 2. The second-order valence-electron chi connectivity index (χ2n) is 7.72. The molecule has 0 radical (unpaired) electrons. The van der Waals surface area contributed by atoms with Crippen molar-refractivity contribution in [3.05, 3.63) is 65.4 Å². The number of fused-ring (bicyclic) bond motifs is 1. The minimum Gasteiger partial charge on any atom is -0.496 e. The lowest BCUT2D eigenvalue weighted by Crippen LogP contribution is -2.40. The Hall–Kier alpha value is -3.81. The summed E-state index contributed by atoms with van der Waals surface area (Å²) in [5, 5.41) is 14.3. The highest BCUT2D eigenvalue weighted by Gasteiger charge is 2.17. The van der Waals surface area contributed by atoms with Gasteiger partial charge in [-0.15, -0.1) is 0 Å². The van der Waals surface area contributed by atoms with Crippen molar-refractivity contribution in [2.24, 2.45) is 11.7 Å². The summed E-state index contributed by atoms with van der Waals surface area (Å²) in [5.41, 5.74) is 9.13. The molecule has 0 aliphatic carbocycles. The summed E-state index contributed by atoms with van der Waals surface area (Å²) in [5.74, 6) is -0.265. The first-order chi connectivity index (χ1) is 15.4. The largest absolute Gasteiger partial charge is 0.496 e. The fourth-order valence-corrected chi connectivity index (χ4v) is 3.61. The van der Waals surface area contributed by atoms with Gasteiger partial charge < -0.3 is 26.1 Å². The smallest absolute Gasteiger partial charge is 0.239 e. The van der Waals surface area contributed by atoms with Gasteiger partial charge in [0.05, 0.1) is 13.7 Å². The molecule has 0 fully saturated rings. The van der Waals surface area contributed by atoms with E-state index in [4.69, 9.17) is 15.9 Å². The van der Waals surface area contributed by atoms with Gasteiger partial charge in [-0.05, 0) is 48.2 Å². The highest BCUT2D eigenvalue weighted by atomic mass is 16.5. The van der Waals surface area contributed by atoms with Gasteiger partial charge in [0.2, 0.25) is 11.8 Å². The number of aromatic nitrogens is 1. The molecule has 6 N–H and O–H groups in total. The van der Waals surface area contributed by atoms with Gasteiger partial charge in [0.15, 0.2) is 0 Å². The van der Waals surface area contributed by atoms with Crippen molar-refractivity contribution in [2.45, 2.75) is 19.8 Å². The molecule has 1 aromatic heterocycles. The Morgan fingerprint density at radius 1 is 1.16 bits per heavy atom. The van der Waals surface area contributed by atoms with E-state index in [0.29, 0.717) is 30.7 Å². The van der Waals surface area contributed by atoms with E-state index in [1.54, 1.807) is 32.2 Å². The Labute approximate surface area is 187 Å². The van der Waals surface area contributed by atoms with Crippen LogP contribution in [0.3, 0.4) is 0 Å². The van der Waals surface area contributed by atoms with Crippen LogP contribution < -0.4 is 21.1 Å². The number of carbonyl (C=O) groups excluding carboxylic acids is 2. The van der Waals surface area contributed by atoms with Crippen LogP contribution in [-0.4, -0.2) is 42.8 Å². The molecule has 168 valence electrons. The van der Waals surface area contributed by atoms with E-state index >= 15 is 0 Å². The average molecular weight is 436 g/mol. The molecule has 1 unspecified atom stereocenters. The Kier molecular flexibility index (Phi) is 7.49. The van der Waals surface area contributed by atoms with E-state index in [1.807, 2.05) is 30.5 Å². The maximum atomic E-state index is 12.5. The lowest BCUT2D eigenvalue weighted by Gasteiger charge is -2.15. The number of amidine groups is 1. The summed E-state index contributed by atoms with van der Waals surface area (Å²) in [7, 11) is 1.55. The molecule has 8 nitrogen and oxygen atoms in total. The summed E-state index contributed by atoms with van der Waals surface area (Å²) >= 11 is 0. The monoisotopic (exact) mass is 435 g/mol. The summed E-state index contributed by atoms with van der Waals surface area (Å²) in [6.45, 7) is 2.19. The van der Waals surface area contributed by atoms with Crippen LogP contribution in [0, 0.1) is 11.3 Å². The third-order valence-electron chi connectivity index (χ3n) is 5.38. The zero-order valence-corrected chi connectivity index (χ0v) is 18.3. The predicted octanol–water partition coefficient (Wildman–Crippen LogP) is 2.11. The number of methoxy groups -OCH3 is 1. The minimum absolute atomic E-state index is 0.0460. The molecule has 3 rings (SSSR count). The first kappa shape index (κ1) is 22.9. The van der Waals surface area contributed by atoms with Crippen molar-refractivity contribution < 1.29 is 14.3 Å². The quantitative estimate of drug-likeness (QED) is 0.246. The lowest BCUT2D eigenvalue weighted by molar-refractivity contribution is -0.128. The molecule has 8 heteroatoms. The van der Waals surface area contributed by atoms with Crippen molar-refractivity contribution in [2.75, 3.05) is 20.2 Å². The van der Waals surface area contributed by atoms with Crippen LogP contribution in [0.1, 0.15) is 23.6 Å². The van der Waals surface area contributed by atoms with E-state index < -0.39 is 0 Å². The molecule has 0 saturated carbocycles. The third-order valence-corrected chi connectivity index (χ3v) is 5.38. The second kappa shape index (κ2) is 10.5. The zero-order chi connectivity index (χ0) is 23.1. The Morgan fingerprint density at radius 3 is 2.69 bits per heavy atom. The van der Waals surface area contributed by atoms with Gasteiger partial charge in [-0.2, -0.15) is 0 Å². The van der Waals surface area contributed by atoms with E-state index in [0.717, 1.165) is 22.0 Å². The van der Waals surface area contributed by atoms with Gasteiger partial charge in [-0.25, -0.2) is 0 Å². The fraction of sp³-hybridized carbons (Fsp3) is 0.292. The average Bonchev–Trinajstić information content (AvgIpc) is 3.20. The first-order valence-corrected chi connectivity index (χ1v) is 10.5. The molecule has 2 amide bonds. The second-order valence-corrected chi connectivity index (χ2v) is 7.72. The number of nitrogens with one attached hydrogen (secondary N) is 4. The number of amides is 2. The van der Waals surface area contributed by atoms with Crippen LogP contribution in [0.2, 0.25) is 0 Å². The molecule has 0 aliphatic heterocycles. The molecule has 0 aliphatic rings. The van der Waals surface area contributed by atoms with E-state index in [9.17, 15) is 9.59 Å². The van der Waals surface area contributed by atoms with E-state index in [1.165, 1.54) is 0 Å². The van der Waals surface area contributed by atoms with Crippen molar-refractivity contribution >= 4 is 28.6 Å². The number of aromatic amines is 1. The summed E-state index contributed by atoms with van der Waals surface area (Å²) < 4.78 is 5.35. The lowest BCUT2D eigenvalue weighted by atomic mass is 9.97. The number of H-pyrrole nitrogens is 1. The molecule has 1 heterocycles. The third kappa shape index (κ3) is 5.66. The maximum Gasteiger partial charge on any atom is 0.239 e. The number of para-hydroxylation sites is 1. The number of carbonyl (C=O) groups is 2. The summed E-state index contributed by atoms with van der Waals surface area (Å²) in [6, 6.07) is 13.2. The standard InChI is InChI=1S/C24H29N5O3/c1-15(11-18-12-16(23(25)26)7-8-21(18)32-2)24(31)29-14-22(30)27-10-9-17-13-28-20-6-4-3-5-19(17)20/h3-8,12-13,15,28H,9-11,14H2,1-2H3,(H3,25,26)(H,27,30)(H,29,31). The Balaban J connectivity index is 1.46. The first-order valence-electron chi connectivity index (χ1n) is 10.5. The van der Waals surface area contributed by atoms with Crippen molar-refractivity contribution in [1.82, 2.24) is 15.6 Å². The maximum absolute atomic E-state index is 12.5. The van der Waals surface area contributed by atoms with Crippen LogP contribution in [0.25, 0.3) is 10.9 Å². The topological polar surface area (TPSA) is 133 Å². The zero-order valence-electron chi connectivity index (χ0n) is 18.3. The molecule has 0 bridgehead atoms. The SMILES string of the molecule is COc1ccc(C(=N)N)cc1CC(C)C(=O)NCC(=O)NCCc1c[nH]c2ccccc12. The van der Waals surface area contributed by atoms with Crippen molar-refractivity contribution in [3.8, 4) is 5.75 Å². The molecule has 1 atom stereocenters. The van der Waals surface area contributed by atoms with Crippen LogP contribution >= 0.6 is 0 Å². The molecule has 3 aromatic rings. The molecule has 0 saturated heterocycles. The van der Waals surface area contributed by atoms with E-state index in [2.05, 4.69) is 15.6 Å². The van der Waals surface area contributed by atoms with Crippen LogP contribution in [0.4, 0.5) is 0 Å². The summed E-state index contributed by atoms with van der Waals surface area (Å²) in [6.07, 6.45) is 3.06. The van der Waals surface area contributed by atoms with Gasteiger partial charge in [0.25, 0.3) is 0 Å². The Morgan fingerprint density at radius 2 is 1.94 bits per heavy atom. The normalized spacial score (nSPS) is 11.7. The number of ether oxygens (including phenoxy) is 1. The minimum atomic E-state index is -0.384. The number of rotatable bonds is 10. The van der Waals surface area contributed by atoms with Crippen LogP contribution in [0.5, 0.6) is 5.75 Å². The van der Waals surface area contributed by atoms with Gasteiger partial charge in [0, 0.05) is 35.1 Å². The molecular formula is C24H29N5O3. The predicted molar refractivity (Wildman–Crippen MR) is 125 cm³/mol. The van der Waals surface area contributed by atoms with Gasteiger partial charge in [-0.1, -0.05) is 25.1 Å². The highest BCUT2D eigenvalue weighted by Crippen LogP contribution is 2.23. The molecule has 2 aromatic carbocycles. The van der Waals surface area contributed by atoms with Gasteiger partial charge >= 0.3 is 0 Å². The number of nitrogen functional groups attached to an aromatic ring is 1. The van der Waals surface area contributed by atoms with Gasteiger partial charge in [-0.3, -0.25) is 15.0 Å².